The number of halogens is 1. The molecule has 0 aliphatic carbocycles. The third-order valence-corrected chi connectivity index (χ3v) is 2.48. The maximum atomic E-state index is 8.78. The van der Waals surface area contributed by atoms with Gasteiger partial charge in [-0.3, -0.25) is 0 Å². The van der Waals surface area contributed by atoms with Crippen LogP contribution >= 0.6 is 15.9 Å². The van der Waals surface area contributed by atoms with Gasteiger partial charge in [-0.2, -0.15) is 0 Å². The SMILES string of the molecule is COc1c(C)cc(CCO)cc1Br. The average molecular weight is 245 g/mol. The summed E-state index contributed by atoms with van der Waals surface area (Å²) in [7, 11) is 1.65. The van der Waals surface area contributed by atoms with Crippen LogP contribution in [0.25, 0.3) is 0 Å². The Balaban J connectivity index is 3.05. The zero-order valence-corrected chi connectivity index (χ0v) is 9.39. The van der Waals surface area contributed by atoms with Crippen LogP contribution in [0.5, 0.6) is 5.75 Å². The molecule has 13 heavy (non-hydrogen) atoms. The van der Waals surface area contributed by atoms with Crippen LogP contribution in [0.1, 0.15) is 11.1 Å². The summed E-state index contributed by atoms with van der Waals surface area (Å²) in [6, 6.07) is 4.00. The van der Waals surface area contributed by atoms with Crippen molar-refractivity contribution < 1.29 is 9.84 Å². The molecule has 2 nitrogen and oxygen atoms in total. The van der Waals surface area contributed by atoms with E-state index in [4.69, 9.17) is 9.84 Å². The summed E-state index contributed by atoms with van der Waals surface area (Å²) < 4.78 is 6.14. The molecule has 3 heteroatoms. The van der Waals surface area contributed by atoms with Crippen LogP contribution in [0, 0.1) is 6.92 Å². The van der Waals surface area contributed by atoms with Crippen molar-refractivity contribution in [1.29, 1.82) is 0 Å². The van der Waals surface area contributed by atoms with Gasteiger partial charge in [-0.15, -0.1) is 0 Å². The lowest BCUT2D eigenvalue weighted by Gasteiger charge is -2.09. The summed E-state index contributed by atoms with van der Waals surface area (Å²) >= 11 is 3.42. The van der Waals surface area contributed by atoms with E-state index in [1.807, 2.05) is 19.1 Å². The molecule has 0 aliphatic rings. The van der Waals surface area contributed by atoms with E-state index in [2.05, 4.69) is 15.9 Å². The van der Waals surface area contributed by atoms with Gasteiger partial charge in [-0.05, 0) is 46.5 Å². The van der Waals surface area contributed by atoms with Crippen molar-refractivity contribution in [2.45, 2.75) is 13.3 Å². The predicted octanol–water partition coefficient (Wildman–Crippen LogP) is 2.30. The fourth-order valence-corrected chi connectivity index (χ4v) is 2.10. The topological polar surface area (TPSA) is 29.5 Å². The number of aliphatic hydroxyl groups excluding tert-OH is 1. The molecule has 0 fully saturated rings. The highest BCUT2D eigenvalue weighted by Gasteiger charge is 2.05. The van der Waals surface area contributed by atoms with Crippen molar-refractivity contribution in [2.75, 3.05) is 13.7 Å². The van der Waals surface area contributed by atoms with Gasteiger partial charge in [0.15, 0.2) is 0 Å². The first-order valence-corrected chi connectivity index (χ1v) is 4.92. The predicted molar refractivity (Wildman–Crippen MR) is 56.2 cm³/mol. The molecule has 0 amide bonds. The zero-order valence-electron chi connectivity index (χ0n) is 7.80. The molecular weight excluding hydrogens is 232 g/mol. The maximum Gasteiger partial charge on any atom is 0.135 e. The van der Waals surface area contributed by atoms with E-state index in [-0.39, 0.29) is 6.61 Å². The number of aliphatic hydroxyl groups is 1. The Labute approximate surface area is 86.7 Å². The van der Waals surface area contributed by atoms with Crippen molar-refractivity contribution in [3.63, 3.8) is 0 Å². The summed E-state index contributed by atoms with van der Waals surface area (Å²) in [6.07, 6.45) is 0.684. The van der Waals surface area contributed by atoms with Gasteiger partial charge in [0, 0.05) is 6.61 Å². The van der Waals surface area contributed by atoms with Gasteiger partial charge < -0.3 is 9.84 Å². The zero-order chi connectivity index (χ0) is 9.84. The number of benzene rings is 1. The second-order valence-electron chi connectivity index (χ2n) is 2.90. The molecule has 0 bridgehead atoms. The molecule has 0 aliphatic heterocycles. The molecule has 0 spiro atoms. The Morgan fingerprint density at radius 2 is 2.15 bits per heavy atom. The van der Waals surface area contributed by atoms with Crippen LogP contribution < -0.4 is 4.74 Å². The minimum atomic E-state index is 0.179. The van der Waals surface area contributed by atoms with Gasteiger partial charge in [-0.25, -0.2) is 0 Å². The minimum Gasteiger partial charge on any atom is -0.495 e. The molecular formula is C10H13BrO2. The lowest BCUT2D eigenvalue weighted by molar-refractivity contribution is 0.299. The largest absolute Gasteiger partial charge is 0.495 e. The first kappa shape index (κ1) is 10.5. The first-order chi connectivity index (χ1) is 6.19. The lowest BCUT2D eigenvalue weighted by Crippen LogP contribution is -1.94. The molecule has 1 rings (SSSR count). The molecule has 0 saturated heterocycles. The van der Waals surface area contributed by atoms with Gasteiger partial charge in [0.05, 0.1) is 11.6 Å². The molecule has 0 aromatic heterocycles. The smallest absolute Gasteiger partial charge is 0.135 e. The Bertz CT molecular complexity index is 274. The molecule has 0 heterocycles. The fraction of sp³-hybridized carbons (Fsp3) is 0.400. The van der Waals surface area contributed by atoms with Crippen LogP contribution in [-0.4, -0.2) is 18.8 Å². The van der Waals surface area contributed by atoms with Crippen molar-refractivity contribution in [1.82, 2.24) is 0 Å². The highest BCUT2D eigenvalue weighted by molar-refractivity contribution is 9.10. The number of hydrogen-bond acceptors (Lipinski definition) is 2. The molecule has 1 aromatic carbocycles. The van der Waals surface area contributed by atoms with E-state index in [1.165, 1.54) is 0 Å². The summed E-state index contributed by atoms with van der Waals surface area (Å²) in [5.41, 5.74) is 2.20. The van der Waals surface area contributed by atoms with Crippen molar-refractivity contribution in [3.05, 3.63) is 27.7 Å². The van der Waals surface area contributed by atoms with Crippen LogP contribution in [0.4, 0.5) is 0 Å². The highest BCUT2D eigenvalue weighted by atomic mass is 79.9. The molecule has 0 saturated carbocycles. The van der Waals surface area contributed by atoms with E-state index < -0.39 is 0 Å². The van der Waals surface area contributed by atoms with Gasteiger partial charge in [0.2, 0.25) is 0 Å². The molecule has 72 valence electrons. The Morgan fingerprint density at radius 1 is 1.46 bits per heavy atom. The Hall–Kier alpha value is -0.540. The first-order valence-electron chi connectivity index (χ1n) is 4.13. The third kappa shape index (κ3) is 2.45. The number of aryl methyl sites for hydroxylation is 1. The number of ether oxygens (including phenoxy) is 1. The standard InChI is InChI=1S/C10H13BrO2/c1-7-5-8(3-4-12)6-9(11)10(7)13-2/h5-6,12H,3-4H2,1-2H3. The maximum absolute atomic E-state index is 8.78. The number of hydrogen-bond donors (Lipinski definition) is 1. The highest BCUT2D eigenvalue weighted by Crippen LogP contribution is 2.29. The summed E-state index contributed by atoms with van der Waals surface area (Å²) in [6.45, 7) is 2.17. The average Bonchev–Trinajstić information content (AvgIpc) is 2.04. The Kier molecular flexibility index (Phi) is 3.75. The third-order valence-electron chi connectivity index (χ3n) is 1.89. The molecule has 1 aromatic rings. The quantitative estimate of drug-likeness (QED) is 0.885. The van der Waals surface area contributed by atoms with E-state index in [0.717, 1.165) is 21.3 Å². The summed E-state index contributed by atoms with van der Waals surface area (Å²) in [5, 5.41) is 8.78. The van der Waals surface area contributed by atoms with Crippen LogP contribution in [0.15, 0.2) is 16.6 Å². The van der Waals surface area contributed by atoms with E-state index in [0.29, 0.717) is 6.42 Å². The Morgan fingerprint density at radius 3 is 2.62 bits per heavy atom. The monoisotopic (exact) mass is 244 g/mol. The van der Waals surface area contributed by atoms with Crippen LogP contribution in [0.3, 0.4) is 0 Å². The summed E-state index contributed by atoms with van der Waals surface area (Å²) in [4.78, 5) is 0. The van der Waals surface area contributed by atoms with E-state index in [1.54, 1.807) is 7.11 Å². The van der Waals surface area contributed by atoms with E-state index >= 15 is 0 Å². The number of rotatable bonds is 3. The lowest BCUT2D eigenvalue weighted by atomic mass is 10.1. The normalized spacial score (nSPS) is 10.2. The van der Waals surface area contributed by atoms with Gasteiger partial charge in [0.25, 0.3) is 0 Å². The molecule has 0 unspecified atom stereocenters. The number of methoxy groups -OCH3 is 1. The molecule has 0 radical (unpaired) electrons. The van der Waals surface area contributed by atoms with Gasteiger partial charge >= 0.3 is 0 Å². The van der Waals surface area contributed by atoms with Crippen LogP contribution in [0.2, 0.25) is 0 Å². The van der Waals surface area contributed by atoms with Gasteiger partial charge in [0.1, 0.15) is 5.75 Å². The van der Waals surface area contributed by atoms with E-state index in [9.17, 15) is 0 Å². The fourth-order valence-electron chi connectivity index (χ4n) is 1.33. The summed E-state index contributed by atoms with van der Waals surface area (Å²) in [5.74, 6) is 0.863. The second-order valence-corrected chi connectivity index (χ2v) is 3.76. The van der Waals surface area contributed by atoms with Crippen molar-refractivity contribution in [2.24, 2.45) is 0 Å². The molecule has 0 atom stereocenters. The second kappa shape index (κ2) is 4.63. The van der Waals surface area contributed by atoms with Crippen LogP contribution in [-0.2, 0) is 6.42 Å². The van der Waals surface area contributed by atoms with Gasteiger partial charge in [-0.1, -0.05) is 6.07 Å². The minimum absolute atomic E-state index is 0.179. The van der Waals surface area contributed by atoms with Crippen molar-refractivity contribution in [3.8, 4) is 5.75 Å². The van der Waals surface area contributed by atoms with Crippen molar-refractivity contribution >= 4 is 15.9 Å². The molecule has 1 N–H and O–H groups in total.